The molecule has 0 aliphatic rings. The molecule has 0 saturated heterocycles. The van der Waals surface area contributed by atoms with Gasteiger partial charge in [-0.1, -0.05) is 12.8 Å². The molecule has 0 aliphatic carbocycles. The van der Waals surface area contributed by atoms with Crippen molar-refractivity contribution in [2.45, 2.75) is 32.1 Å². The normalized spacial score (nSPS) is 9.31. The lowest BCUT2D eigenvalue weighted by atomic mass is 10.1. The molecule has 0 aromatic carbocycles. The number of thioether (sulfide) groups is 1. The standard InChI is InChI=1S/C8H15N3OS/c1-13-7-5-3-2-4-6-8(12)10-11-9/h2-7H2,1H3. The fraction of sp³-hybridized carbons (Fsp3) is 0.875. The van der Waals surface area contributed by atoms with Crippen molar-refractivity contribution in [3.63, 3.8) is 0 Å². The van der Waals surface area contributed by atoms with Crippen LogP contribution in [0.25, 0.3) is 10.4 Å². The lowest BCUT2D eigenvalue weighted by Crippen LogP contribution is -1.91. The monoisotopic (exact) mass is 201 g/mol. The van der Waals surface area contributed by atoms with Crippen molar-refractivity contribution in [2.24, 2.45) is 5.11 Å². The Balaban J connectivity index is 3.16. The van der Waals surface area contributed by atoms with E-state index in [0.717, 1.165) is 19.3 Å². The number of unbranched alkanes of at least 4 members (excludes halogenated alkanes) is 3. The zero-order valence-corrected chi connectivity index (χ0v) is 8.72. The van der Waals surface area contributed by atoms with Crippen LogP contribution in [0.1, 0.15) is 32.1 Å². The Morgan fingerprint density at radius 3 is 2.69 bits per heavy atom. The molecule has 0 aromatic heterocycles. The van der Waals surface area contributed by atoms with Crippen LogP contribution in [0, 0.1) is 0 Å². The Kier molecular flexibility index (Phi) is 8.93. The minimum Gasteiger partial charge on any atom is -0.293 e. The Morgan fingerprint density at radius 2 is 2.08 bits per heavy atom. The molecule has 4 nitrogen and oxygen atoms in total. The summed E-state index contributed by atoms with van der Waals surface area (Å²) >= 11 is 1.84. The average Bonchev–Trinajstić information content (AvgIpc) is 2.11. The number of hydrogen-bond acceptors (Lipinski definition) is 2. The second-order valence-corrected chi connectivity index (χ2v) is 3.73. The van der Waals surface area contributed by atoms with Crippen LogP contribution < -0.4 is 0 Å². The van der Waals surface area contributed by atoms with Crippen LogP contribution in [0.4, 0.5) is 0 Å². The van der Waals surface area contributed by atoms with Crippen LogP contribution in [0.3, 0.4) is 0 Å². The van der Waals surface area contributed by atoms with E-state index in [4.69, 9.17) is 5.53 Å². The fourth-order valence-corrected chi connectivity index (χ4v) is 1.47. The van der Waals surface area contributed by atoms with Gasteiger partial charge in [0.1, 0.15) is 0 Å². The highest BCUT2D eigenvalue weighted by molar-refractivity contribution is 7.98. The highest BCUT2D eigenvalue weighted by Crippen LogP contribution is 2.06. The van der Waals surface area contributed by atoms with E-state index >= 15 is 0 Å². The SMILES string of the molecule is CSCCCCCCC(=O)N=[N+]=[N-]. The van der Waals surface area contributed by atoms with E-state index < -0.39 is 0 Å². The van der Waals surface area contributed by atoms with Gasteiger partial charge in [0.15, 0.2) is 0 Å². The third-order valence-electron chi connectivity index (χ3n) is 1.65. The number of nitrogens with zero attached hydrogens (tertiary/aromatic N) is 3. The first kappa shape index (κ1) is 12.3. The summed E-state index contributed by atoms with van der Waals surface area (Å²) in [4.78, 5) is 13.1. The van der Waals surface area contributed by atoms with Gasteiger partial charge in [0.25, 0.3) is 0 Å². The fourth-order valence-electron chi connectivity index (χ4n) is 0.976. The van der Waals surface area contributed by atoms with E-state index in [1.54, 1.807) is 0 Å². The predicted octanol–water partition coefficient (Wildman–Crippen LogP) is 3.14. The van der Waals surface area contributed by atoms with Crippen molar-refractivity contribution in [2.75, 3.05) is 12.0 Å². The Morgan fingerprint density at radius 1 is 1.38 bits per heavy atom. The van der Waals surface area contributed by atoms with Gasteiger partial charge in [0, 0.05) is 11.3 Å². The van der Waals surface area contributed by atoms with E-state index in [1.165, 1.54) is 12.2 Å². The second kappa shape index (κ2) is 9.42. The molecule has 0 saturated carbocycles. The van der Waals surface area contributed by atoms with Gasteiger partial charge in [-0.25, -0.2) is 0 Å². The summed E-state index contributed by atoms with van der Waals surface area (Å²) in [6, 6.07) is 0. The summed E-state index contributed by atoms with van der Waals surface area (Å²) in [7, 11) is 0. The Labute approximate surface area is 82.7 Å². The summed E-state index contributed by atoms with van der Waals surface area (Å²) in [5.41, 5.74) is 7.94. The predicted molar refractivity (Wildman–Crippen MR) is 55.6 cm³/mol. The van der Waals surface area contributed by atoms with Crippen LogP contribution >= 0.6 is 11.8 Å². The molecular formula is C8H15N3OS. The molecule has 0 atom stereocenters. The van der Waals surface area contributed by atoms with Crippen molar-refractivity contribution < 1.29 is 4.79 Å². The lowest BCUT2D eigenvalue weighted by Gasteiger charge is -1.97. The molecule has 0 aromatic rings. The molecule has 0 rings (SSSR count). The van der Waals surface area contributed by atoms with Gasteiger partial charge >= 0.3 is 0 Å². The zero-order chi connectivity index (χ0) is 9.94. The summed E-state index contributed by atoms with van der Waals surface area (Å²) in [6.07, 6.45) is 6.73. The van der Waals surface area contributed by atoms with Crippen molar-refractivity contribution in [1.82, 2.24) is 0 Å². The van der Waals surface area contributed by atoms with Gasteiger partial charge < -0.3 is 0 Å². The molecule has 0 radical (unpaired) electrons. The molecule has 0 spiro atoms. The zero-order valence-electron chi connectivity index (χ0n) is 7.90. The molecule has 0 heterocycles. The molecule has 0 bridgehead atoms. The van der Waals surface area contributed by atoms with Crippen LogP contribution in [0.15, 0.2) is 5.11 Å². The van der Waals surface area contributed by atoms with Crippen LogP contribution in [0.5, 0.6) is 0 Å². The van der Waals surface area contributed by atoms with Gasteiger partial charge in [0.2, 0.25) is 5.91 Å². The van der Waals surface area contributed by atoms with Gasteiger partial charge in [-0.2, -0.15) is 11.8 Å². The third-order valence-corrected chi connectivity index (χ3v) is 2.34. The third kappa shape index (κ3) is 9.24. The summed E-state index contributed by atoms with van der Waals surface area (Å²) in [5.74, 6) is 0.844. The van der Waals surface area contributed by atoms with Crippen LogP contribution in [-0.2, 0) is 4.79 Å². The Bertz CT molecular complexity index is 190. The van der Waals surface area contributed by atoms with E-state index in [1.807, 2.05) is 11.8 Å². The number of azide groups is 1. The quantitative estimate of drug-likeness (QED) is 0.275. The van der Waals surface area contributed by atoms with Crippen LogP contribution in [0.2, 0.25) is 0 Å². The molecule has 5 heteroatoms. The molecule has 0 aliphatic heterocycles. The molecule has 1 amide bonds. The number of carbonyl (C=O) groups excluding carboxylic acids is 1. The number of amides is 1. The maximum Gasteiger partial charge on any atom is 0.218 e. The maximum absolute atomic E-state index is 10.7. The largest absolute Gasteiger partial charge is 0.293 e. The first-order valence-corrected chi connectivity index (χ1v) is 5.77. The molecular weight excluding hydrogens is 186 g/mol. The summed E-state index contributed by atoms with van der Waals surface area (Å²) in [5, 5.41) is 3.00. The number of carbonyl (C=O) groups is 1. The van der Waals surface area contributed by atoms with E-state index in [9.17, 15) is 4.79 Å². The van der Waals surface area contributed by atoms with E-state index in [2.05, 4.69) is 16.3 Å². The van der Waals surface area contributed by atoms with Crippen LogP contribution in [-0.4, -0.2) is 17.9 Å². The van der Waals surface area contributed by atoms with E-state index in [0.29, 0.717) is 6.42 Å². The summed E-state index contributed by atoms with van der Waals surface area (Å²) in [6.45, 7) is 0. The lowest BCUT2D eigenvalue weighted by molar-refractivity contribution is -0.118. The molecule has 74 valence electrons. The van der Waals surface area contributed by atoms with Gasteiger partial charge in [-0.3, -0.25) is 4.79 Å². The number of hydrogen-bond donors (Lipinski definition) is 0. The average molecular weight is 201 g/mol. The highest BCUT2D eigenvalue weighted by Gasteiger charge is 1.96. The minimum atomic E-state index is -0.340. The molecule has 13 heavy (non-hydrogen) atoms. The van der Waals surface area contributed by atoms with Crippen molar-refractivity contribution in [3.05, 3.63) is 10.4 Å². The molecule has 0 fully saturated rings. The second-order valence-electron chi connectivity index (χ2n) is 2.74. The van der Waals surface area contributed by atoms with Crippen molar-refractivity contribution in [3.8, 4) is 0 Å². The van der Waals surface area contributed by atoms with E-state index in [-0.39, 0.29) is 5.91 Å². The smallest absolute Gasteiger partial charge is 0.218 e. The van der Waals surface area contributed by atoms with Crippen molar-refractivity contribution >= 4 is 17.7 Å². The van der Waals surface area contributed by atoms with Crippen molar-refractivity contribution in [1.29, 1.82) is 0 Å². The Hall–Kier alpha value is -0.670. The molecule has 0 unspecified atom stereocenters. The first-order valence-electron chi connectivity index (χ1n) is 4.38. The maximum atomic E-state index is 10.7. The van der Waals surface area contributed by atoms with Gasteiger partial charge in [0.05, 0.1) is 0 Å². The van der Waals surface area contributed by atoms with Gasteiger partial charge in [-0.15, -0.1) is 0 Å². The topological polar surface area (TPSA) is 65.8 Å². The molecule has 0 N–H and O–H groups in total. The summed E-state index contributed by atoms with van der Waals surface area (Å²) < 4.78 is 0. The minimum absolute atomic E-state index is 0.340. The number of rotatable bonds is 7. The first-order chi connectivity index (χ1) is 6.31. The van der Waals surface area contributed by atoms with Gasteiger partial charge in [-0.05, 0) is 35.5 Å². The highest BCUT2D eigenvalue weighted by atomic mass is 32.2.